The van der Waals surface area contributed by atoms with E-state index in [4.69, 9.17) is 5.73 Å². The molecule has 0 aliphatic rings. The summed E-state index contributed by atoms with van der Waals surface area (Å²) >= 11 is 0. The van der Waals surface area contributed by atoms with E-state index in [1.54, 1.807) is 0 Å². The van der Waals surface area contributed by atoms with Crippen molar-refractivity contribution in [2.24, 2.45) is 11.7 Å². The van der Waals surface area contributed by atoms with Gasteiger partial charge in [0.05, 0.1) is 5.75 Å². The highest BCUT2D eigenvalue weighted by atomic mass is 32.2. The van der Waals surface area contributed by atoms with Crippen LogP contribution < -0.4 is 5.73 Å². The molecule has 6 heteroatoms. The Kier molecular flexibility index (Phi) is 4.90. The first-order chi connectivity index (χ1) is 7.13. The first kappa shape index (κ1) is 12.3. The molecule has 0 aromatic carbocycles. The van der Waals surface area contributed by atoms with Gasteiger partial charge in [-0.25, -0.2) is 9.67 Å². The highest BCUT2D eigenvalue weighted by molar-refractivity contribution is 7.84. The number of hydrogen-bond donors (Lipinski definition) is 1. The molecule has 0 radical (unpaired) electrons. The SMILES string of the molecule is CC(C)Cn1ncnc1CS(=O)CCN. The van der Waals surface area contributed by atoms with E-state index in [9.17, 15) is 4.21 Å². The van der Waals surface area contributed by atoms with Crippen molar-refractivity contribution < 1.29 is 4.21 Å². The smallest absolute Gasteiger partial charge is 0.139 e. The Bertz CT molecular complexity index is 324. The summed E-state index contributed by atoms with van der Waals surface area (Å²) in [4.78, 5) is 4.11. The summed E-state index contributed by atoms with van der Waals surface area (Å²) in [5, 5.41) is 4.11. The van der Waals surface area contributed by atoms with Gasteiger partial charge in [-0.2, -0.15) is 5.10 Å². The molecule has 0 fully saturated rings. The molecule has 0 aliphatic carbocycles. The van der Waals surface area contributed by atoms with Crippen molar-refractivity contribution in [3.8, 4) is 0 Å². The maximum absolute atomic E-state index is 11.5. The van der Waals surface area contributed by atoms with Crippen molar-refractivity contribution >= 4 is 10.8 Å². The average Bonchev–Trinajstić information content (AvgIpc) is 2.52. The molecular weight excluding hydrogens is 212 g/mol. The fourth-order valence-electron chi connectivity index (χ4n) is 1.25. The molecule has 15 heavy (non-hydrogen) atoms. The van der Waals surface area contributed by atoms with Crippen LogP contribution in [0.4, 0.5) is 0 Å². The quantitative estimate of drug-likeness (QED) is 0.754. The van der Waals surface area contributed by atoms with E-state index in [0.29, 0.717) is 24.0 Å². The maximum Gasteiger partial charge on any atom is 0.139 e. The van der Waals surface area contributed by atoms with Crippen molar-refractivity contribution in [2.75, 3.05) is 12.3 Å². The van der Waals surface area contributed by atoms with Gasteiger partial charge in [0.25, 0.3) is 0 Å². The van der Waals surface area contributed by atoms with Gasteiger partial charge in [0.15, 0.2) is 0 Å². The Morgan fingerprint density at radius 2 is 2.33 bits per heavy atom. The van der Waals surface area contributed by atoms with Crippen LogP contribution in [0.2, 0.25) is 0 Å². The zero-order valence-electron chi connectivity index (χ0n) is 9.22. The molecule has 0 bridgehead atoms. The van der Waals surface area contributed by atoms with Crippen molar-refractivity contribution in [3.05, 3.63) is 12.2 Å². The molecular formula is C9H18N4OS. The summed E-state index contributed by atoms with van der Waals surface area (Å²) in [6.45, 7) is 5.49. The van der Waals surface area contributed by atoms with Crippen LogP contribution in [0.5, 0.6) is 0 Å². The molecule has 0 spiro atoms. The van der Waals surface area contributed by atoms with E-state index in [2.05, 4.69) is 23.9 Å². The summed E-state index contributed by atoms with van der Waals surface area (Å²) in [6.07, 6.45) is 1.51. The second-order valence-corrected chi connectivity index (χ2v) is 5.41. The van der Waals surface area contributed by atoms with E-state index < -0.39 is 10.8 Å². The summed E-state index contributed by atoms with van der Waals surface area (Å²) in [5.74, 6) is 2.27. The fraction of sp³-hybridized carbons (Fsp3) is 0.778. The number of nitrogens with two attached hydrogens (primary N) is 1. The Morgan fingerprint density at radius 1 is 1.60 bits per heavy atom. The second-order valence-electron chi connectivity index (χ2n) is 3.83. The first-order valence-corrected chi connectivity index (χ1v) is 6.54. The number of aromatic nitrogens is 3. The Morgan fingerprint density at radius 3 is 2.93 bits per heavy atom. The summed E-state index contributed by atoms with van der Waals surface area (Å²) in [6, 6.07) is 0. The Balaban J connectivity index is 2.60. The van der Waals surface area contributed by atoms with Crippen LogP contribution in [0, 0.1) is 5.92 Å². The molecule has 1 heterocycles. The maximum atomic E-state index is 11.5. The molecule has 0 amide bonds. The van der Waals surface area contributed by atoms with Crippen molar-refractivity contribution in [2.45, 2.75) is 26.1 Å². The van der Waals surface area contributed by atoms with Gasteiger partial charge in [0.2, 0.25) is 0 Å². The predicted octanol–water partition coefficient (Wildman–Crippen LogP) is 0.142. The third-order valence-electron chi connectivity index (χ3n) is 1.87. The zero-order chi connectivity index (χ0) is 11.3. The lowest BCUT2D eigenvalue weighted by atomic mass is 10.2. The third kappa shape index (κ3) is 4.09. The minimum absolute atomic E-state index is 0.448. The van der Waals surface area contributed by atoms with Crippen LogP contribution in [-0.2, 0) is 23.1 Å². The van der Waals surface area contributed by atoms with Crippen LogP contribution in [0.15, 0.2) is 6.33 Å². The lowest BCUT2D eigenvalue weighted by molar-refractivity contribution is 0.471. The Labute approximate surface area is 92.5 Å². The minimum Gasteiger partial charge on any atom is -0.330 e. The van der Waals surface area contributed by atoms with Crippen molar-refractivity contribution in [1.82, 2.24) is 14.8 Å². The molecule has 2 N–H and O–H groups in total. The van der Waals surface area contributed by atoms with Crippen LogP contribution in [0.25, 0.3) is 0 Å². The largest absolute Gasteiger partial charge is 0.330 e. The van der Waals surface area contributed by atoms with E-state index in [0.717, 1.165) is 12.4 Å². The van der Waals surface area contributed by atoms with Gasteiger partial charge in [0.1, 0.15) is 12.2 Å². The van der Waals surface area contributed by atoms with Gasteiger partial charge in [-0.1, -0.05) is 13.8 Å². The third-order valence-corrected chi connectivity index (χ3v) is 3.14. The molecule has 0 aliphatic heterocycles. The van der Waals surface area contributed by atoms with Crippen LogP contribution in [0.1, 0.15) is 19.7 Å². The highest BCUT2D eigenvalue weighted by Crippen LogP contribution is 2.03. The molecule has 1 unspecified atom stereocenters. The molecule has 1 atom stereocenters. The number of rotatable bonds is 6. The second kappa shape index (κ2) is 5.97. The standard InChI is InChI=1S/C9H18N4OS/c1-8(2)5-13-9(11-7-12-13)6-15(14)4-3-10/h7-8H,3-6,10H2,1-2H3. The number of hydrogen-bond acceptors (Lipinski definition) is 4. The minimum atomic E-state index is -0.923. The van der Waals surface area contributed by atoms with Crippen LogP contribution in [-0.4, -0.2) is 31.3 Å². The molecule has 5 nitrogen and oxygen atoms in total. The van der Waals surface area contributed by atoms with Gasteiger partial charge < -0.3 is 5.73 Å². The summed E-state index contributed by atoms with van der Waals surface area (Å²) in [7, 11) is -0.923. The summed E-state index contributed by atoms with van der Waals surface area (Å²) < 4.78 is 13.3. The summed E-state index contributed by atoms with van der Waals surface area (Å²) in [5.41, 5.74) is 5.34. The Hall–Kier alpha value is -0.750. The molecule has 0 saturated carbocycles. The van der Waals surface area contributed by atoms with E-state index in [1.165, 1.54) is 6.33 Å². The highest BCUT2D eigenvalue weighted by Gasteiger charge is 2.09. The molecule has 86 valence electrons. The first-order valence-electron chi connectivity index (χ1n) is 5.05. The van der Waals surface area contributed by atoms with Gasteiger partial charge in [-0.3, -0.25) is 4.21 Å². The van der Waals surface area contributed by atoms with Gasteiger partial charge in [0, 0.05) is 29.6 Å². The van der Waals surface area contributed by atoms with Gasteiger partial charge in [-0.15, -0.1) is 0 Å². The van der Waals surface area contributed by atoms with Crippen molar-refractivity contribution in [1.29, 1.82) is 0 Å². The molecule has 1 rings (SSSR count). The van der Waals surface area contributed by atoms with Crippen LogP contribution in [0.3, 0.4) is 0 Å². The molecule has 1 aromatic rings. The number of nitrogens with zero attached hydrogens (tertiary/aromatic N) is 3. The molecule has 1 aromatic heterocycles. The average molecular weight is 230 g/mol. The predicted molar refractivity (Wildman–Crippen MR) is 60.6 cm³/mol. The fourth-order valence-corrected chi connectivity index (χ4v) is 2.16. The van der Waals surface area contributed by atoms with Crippen LogP contribution >= 0.6 is 0 Å². The normalized spacial score (nSPS) is 13.3. The van der Waals surface area contributed by atoms with E-state index >= 15 is 0 Å². The lowest BCUT2D eigenvalue weighted by Gasteiger charge is -2.07. The monoisotopic (exact) mass is 230 g/mol. The van der Waals surface area contributed by atoms with Crippen molar-refractivity contribution in [3.63, 3.8) is 0 Å². The van der Waals surface area contributed by atoms with Gasteiger partial charge >= 0.3 is 0 Å². The molecule has 0 saturated heterocycles. The van der Waals surface area contributed by atoms with Gasteiger partial charge in [-0.05, 0) is 5.92 Å². The zero-order valence-corrected chi connectivity index (χ0v) is 10.0. The van der Waals surface area contributed by atoms with E-state index in [-0.39, 0.29) is 0 Å². The lowest BCUT2D eigenvalue weighted by Crippen LogP contribution is -2.16. The topological polar surface area (TPSA) is 73.8 Å². The van der Waals surface area contributed by atoms with E-state index in [1.807, 2.05) is 4.68 Å².